The maximum atomic E-state index is 11.1. The number of nitrogens with zero attached hydrogens (tertiary/aromatic N) is 2. The van der Waals surface area contributed by atoms with Gasteiger partial charge < -0.3 is 5.11 Å². The van der Waals surface area contributed by atoms with Crippen molar-refractivity contribution in [3.8, 4) is 61.8 Å². The molecule has 0 amide bonds. The summed E-state index contributed by atoms with van der Waals surface area (Å²) in [6.07, 6.45) is 1.89. The van der Waals surface area contributed by atoms with Crippen LogP contribution in [0.15, 0.2) is 134 Å². The molecule has 3 nitrogen and oxygen atoms in total. The van der Waals surface area contributed by atoms with E-state index in [2.05, 4.69) is 131 Å². The molecule has 0 spiro atoms. The van der Waals surface area contributed by atoms with E-state index in [0.717, 1.165) is 55.0 Å². The molecule has 0 aliphatic heterocycles. The van der Waals surface area contributed by atoms with Gasteiger partial charge in [-0.05, 0) is 85.6 Å². The second-order valence-electron chi connectivity index (χ2n) is 13.5. The van der Waals surface area contributed by atoms with Gasteiger partial charge in [-0.2, -0.15) is 11.3 Å². The van der Waals surface area contributed by atoms with Crippen molar-refractivity contribution in [3.05, 3.63) is 151 Å². The molecule has 5 heteroatoms. The van der Waals surface area contributed by atoms with Crippen LogP contribution >= 0.6 is 11.3 Å². The van der Waals surface area contributed by atoms with Gasteiger partial charge in [0.25, 0.3) is 0 Å². The number of hydrogen-bond donors (Lipinski definition) is 1. The number of phenols is 1. The molecule has 0 unspecified atom stereocenters. The van der Waals surface area contributed by atoms with Gasteiger partial charge in [-0.1, -0.05) is 135 Å². The van der Waals surface area contributed by atoms with Gasteiger partial charge in [0.15, 0.2) is 0 Å². The summed E-state index contributed by atoms with van der Waals surface area (Å²) >= 11 is 1.78. The summed E-state index contributed by atoms with van der Waals surface area (Å²) < 4.78 is 2.37. The maximum Gasteiger partial charge on any atom is 0.124 e. The van der Waals surface area contributed by atoms with Crippen LogP contribution in [0.5, 0.6) is 5.75 Å². The van der Waals surface area contributed by atoms with Crippen molar-refractivity contribution in [2.45, 2.75) is 39.5 Å². The minimum Gasteiger partial charge on any atom is -0.507 e. The summed E-state index contributed by atoms with van der Waals surface area (Å²) in [7, 11) is 0. The first kappa shape index (κ1) is 34.6. The molecule has 8 rings (SSSR count). The van der Waals surface area contributed by atoms with E-state index in [1.165, 1.54) is 26.8 Å². The van der Waals surface area contributed by atoms with Crippen LogP contribution in [-0.2, 0) is 21.1 Å². The minimum atomic E-state index is 0. The van der Waals surface area contributed by atoms with Crippen LogP contribution < -0.4 is 0 Å². The van der Waals surface area contributed by atoms with Gasteiger partial charge in [0.2, 0.25) is 0 Å². The summed E-state index contributed by atoms with van der Waals surface area (Å²) in [5.74, 6) is 0.849. The average Bonchev–Trinajstić information content (AvgIpc) is 3.53. The minimum absolute atomic E-state index is 0. The summed E-state index contributed by atoms with van der Waals surface area (Å²) in [6.45, 7) is 9.00. The molecular formula is C46H37N2OPtS-. The third-order valence-corrected chi connectivity index (χ3v) is 10.7. The normalized spacial score (nSPS) is 11.4. The van der Waals surface area contributed by atoms with E-state index in [1.54, 1.807) is 17.4 Å². The topological polar surface area (TPSA) is 46.0 Å². The molecule has 3 heterocycles. The Balaban J connectivity index is 0.00000406. The van der Waals surface area contributed by atoms with Crippen LogP contribution in [0.1, 0.15) is 50.7 Å². The van der Waals surface area contributed by atoms with E-state index in [9.17, 15) is 5.11 Å². The number of thiophene rings is 1. The zero-order chi connectivity index (χ0) is 34.4. The van der Waals surface area contributed by atoms with Crippen molar-refractivity contribution < 1.29 is 26.2 Å². The van der Waals surface area contributed by atoms with Crippen LogP contribution in [0.25, 0.3) is 76.2 Å². The maximum absolute atomic E-state index is 11.1. The van der Waals surface area contributed by atoms with Gasteiger partial charge in [-0.3, -0.25) is 9.97 Å². The molecule has 0 saturated carbocycles. The van der Waals surface area contributed by atoms with Crippen molar-refractivity contribution in [2.24, 2.45) is 0 Å². The number of phenolic OH excluding ortho intramolecular Hbond substituents is 1. The zero-order valence-corrected chi connectivity index (χ0v) is 32.0. The van der Waals surface area contributed by atoms with E-state index in [-0.39, 0.29) is 26.8 Å². The molecule has 51 heavy (non-hydrogen) atoms. The van der Waals surface area contributed by atoms with Crippen molar-refractivity contribution in [3.63, 3.8) is 0 Å². The molecule has 0 aliphatic rings. The van der Waals surface area contributed by atoms with Crippen LogP contribution in [0.3, 0.4) is 0 Å². The predicted octanol–water partition coefficient (Wildman–Crippen LogP) is 12.9. The van der Waals surface area contributed by atoms with Gasteiger partial charge in [-0.25, -0.2) is 0 Å². The Labute approximate surface area is 318 Å². The summed E-state index contributed by atoms with van der Waals surface area (Å²) in [5.41, 5.74) is 12.1. The Morgan fingerprint density at radius 1 is 0.608 bits per heavy atom. The molecule has 254 valence electrons. The van der Waals surface area contributed by atoms with Crippen molar-refractivity contribution in [1.29, 1.82) is 0 Å². The Morgan fingerprint density at radius 2 is 1.27 bits per heavy atom. The van der Waals surface area contributed by atoms with Gasteiger partial charge in [0.1, 0.15) is 5.75 Å². The molecule has 8 aromatic rings. The number of benzene rings is 5. The Morgan fingerprint density at radius 3 is 2.02 bits per heavy atom. The zero-order valence-electron chi connectivity index (χ0n) is 28.9. The number of aromatic hydroxyl groups is 1. The van der Waals surface area contributed by atoms with Crippen LogP contribution in [0, 0.1) is 6.07 Å². The average molecular weight is 861 g/mol. The standard InChI is InChI=1S/C46H37N2OS.Pt/c1-28(2)34-17-12-18-35(29(3)4)45(34)33-26-40(48-42(27-33)37-16-8-10-19-43(37)49)32-23-38-36-15-9-11-20-44(36)50-46(38)39(24-32)41-25-31(21-22-47-41)30-13-6-5-7-14-30;/h5-23,25-29,49H,1-4H3;/q-1;. The van der Waals surface area contributed by atoms with Crippen LogP contribution in [0.2, 0.25) is 0 Å². The van der Waals surface area contributed by atoms with Crippen molar-refractivity contribution in [2.75, 3.05) is 0 Å². The molecule has 3 aromatic heterocycles. The van der Waals surface area contributed by atoms with Crippen LogP contribution in [0.4, 0.5) is 0 Å². The Kier molecular flexibility index (Phi) is 9.75. The first-order valence-corrected chi connectivity index (χ1v) is 18.0. The second kappa shape index (κ2) is 14.4. The number of para-hydroxylation sites is 1. The number of aromatic nitrogens is 2. The van der Waals surface area contributed by atoms with E-state index in [0.29, 0.717) is 17.4 Å². The Hall–Kier alpha value is -4.89. The van der Waals surface area contributed by atoms with E-state index in [4.69, 9.17) is 9.97 Å². The first-order valence-electron chi connectivity index (χ1n) is 17.2. The molecule has 0 aliphatic carbocycles. The molecule has 0 atom stereocenters. The molecule has 0 fully saturated rings. The van der Waals surface area contributed by atoms with Crippen molar-refractivity contribution >= 4 is 31.5 Å². The first-order chi connectivity index (χ1) is 24.4. The summed E-state index contributed by atoms with van der Waals surface area (Å²) in [5, 5.41) is 13.4. The van der Waals surface area contributed by atoms with Gasteiger partial charge in [-0.15, -0.1) is 12.1 Å². The van der Waals surface area contributed by atoms with Gasteiger partial charge >= 0.3 is 0 Å². The largest absolute Gasteiger partial charge is 0.507 e. The van der Waals surface area contributed by atoms with E-state index < -0.39 is 0 Å². The molecule has 0 radical (unpaired) electrons. The SMILES string of the molecule is CC(C)c1cccc(C(C)C)c1-c1cc(-c2[c-]c(-c3cc(-c4ccccc4)ccn3)c3sc4ccccc4c3c2)nc(-c2ccccc2O)c1.[Pt]. The Bertz CT molecular complexity index is 2490. The fraction of sp³-hybridized carbons (Fsp3) is 0.130. The number of pyridine rings is 2. The third kappa shape index (κ3) is 6.55. The van der Waals surface area contributed by atoms with E-state index >= 15 is 0 Å². The number of rotatable bonds is 7. The fourth-order valence-corrected chi connectivity index (χ4v) is 8.18. The molecule has 5 aromatic carbocycles. The molecular weight excluding hydrogens is 824 g/mol. The van der Waals surface area contributed by atoms with Gasteiger partial charge in [0.05, 0.1) is 5.69 Å². The fourth-order valence-electron chi connectivity index (χ4n) is 6.99. The quantitative estimate of drug-likeness (QED) is 0.162. The number of hydrogen-bond acceptors (Lipinski definition) is 4. The summed E-state index contributed by atoms with van der Waals surface area (Å²) in [6, 6.07) is 47.8. The monoisotopic (exact) mass is 860 g/mol. The smallest absolute Gasteiger partial charge is 0.124 e. The second-order valence-corrected chi connectivity index (χ2v) is 14.5. The predicted molar refractivity (Wildman–Crippen MR) is 211 cm³/mol. The van der Waals surface area contributed by atoms with Crippen molar-refractivity contribution in [1.82, 2.24) is 9.97 Å². The van der Waals surface area contributed by atoms with E-state index in [1.807, 2.05) is 30.5 Å². The molecule has 0 saturated heterocycles. The summed E-state index contributed by atoms with van der Waals surface area (Å²) in [4.78, 5) is 10.2. The molecule has 1 N–H and O–H groups in total. The van der Waals surface area contributed by atoms with Gasteiger partial charge in [0, 0.05) is 48.9 Å². The number of fused-ring (bicyclic) bond motifs is 3. The third-order valence-electron chi connectivity index (χ3n) is 9.48. The molecule has 0 bridgehead atoms. The van der Waals surface area contributed by atoms with Crippen LogP contribution in [-0.4, -0.2) is 15.1 Å².